The van der Waals surface area contributed by atoms with Gasteiger partial charge in [-0.1, -0.05) is 57.9 Å². The van der Waals surface area contributed by atoms with Crippen LogP contribution in [0, 0.1) is 0 Å². The molecule has 3 rings (SSSR count). The van der Waals surface area contributed by atoms with Crippen molar-refractivity contribution in [3.05, 3.63) is 93.4 Å². The van der Waals surface area contributed by atoms with Gasteiger partial charge in [-0.25, -0.2) is 5.43 Å². The second-order valence-corrected chi connectivity index (χ2v) is 8.39. The van der Waals surface area contributed by atoms with Crippen LogP contribution in [0.2, 0.25) is 5.02 Å². The van der Waals surface area contributed by atoms with E-state index in [1.807, 2.05) is 60.7 Å². The predicted molar refractivity (Wildman–Crippen MR) is 123 cm³/mol. The van der Waals surface area contributed by atoms with Gasteiger partial charge in [-0.2, -0.15) is 5.10 Å². The lowest BCUT2D eigenvalue weighted by Gasteiger charge is -2.09. The molecule has 0 radical (unpaired) electrons. The second-order valence-electron chi connectivity index (χ2n) is 5.99. The van der Waals surface area contributed by atoms with Crippen molar-refractivity contribution in [2.45, 2.75) is 11.5 Å². The third-order valence-electron chi connectivity index (χ3n) is 3.79. The van der Waals surface area contributed by atoms with Crippen molar-refractivity contribution in [3.8, 4) is 5.75 Å². The van der Waals surface area contributed by atoms with E-state index in [1.54, 1.807) is 18.3 Å². The van der Waals surface area contributed by atoms with Crippen LogP contribution in [0.4, 0.5) is 0 Å². The fourth-order valence-corrected chi connectivity index (χ4v) is 3.57. The van der Waals surface area contributed by atoms with Crippen LogP contribution in [-0.2, 0) is 11.4 Å². The molecule has 3 aromatic carbocycles. The molecule has 0 spiro atoms. The minimum absolute atomic E-state index is 0.192. The number of hydrazone groups is 1. The van der Waals surface area contributed by atoms with Crippen LogP contribution in [-0.4, -0.2) is 17.9 Å². The van der Waals surface area contributed by atoms with Gasteiger partial charge in [0.05, 0.1) is 12.0 Å². The molecule has 0 aliphatic carbocycles. The number of thioether (sulfide) groups is 1. The molecule has 0 atom stereocenters. The Kier molecular flexibility index (Phi) is 8.16. The molecule has 0 unspecified atom stereocenters. The molecule has 0 saturated carbocycles. The van der Waals surface area contributed by atoms with Crippen molar-refractivity contribution in [1.82, 2.24) is 5.43 Å². The quantitative estimate of drug-likeness (QED) is 0.243. The number of amides is 1. The molecule has 4 nitrogen and oxygen atoms in total. The summed E-state index contributed by atoms with van der Waals surface area (Å²) in [6.07, 6.45) is 1.58. The van der Waals surface area contributed by atoms with Crippen LogP contribution in [0.5, 0.6) is 5.75 Å². The number of ether oxygens (including phenoxy) is 1. The first-order valence-electron chi connectivity index (χ1n) is 8.77. The van der Waals surface area contributed by atoms with Crippen molar-refractivity contribution in [1.29, 1.82) is 0 Å². The first-order chi connectivity index (χ1) is 14.1. The fourth-order valence-electron chi connectivity index (χ4n) is 2.37. The maximum absolute atomic E-state index is 12.0. The molecule has 0 aliphatic rings. The summed E-state index contributed by atoms with van der Waals surface area (Å²) in [5.41, 5.74) is 4.39. The van der Waals surface area contributed by atoms with E-state index in [-0.39, 0.29) is 11.7 Å². The van der Waals surface area contributed by atoms with Crippen LogP contribution in [0.3, 0.4) is 0 Å². The minimum atomic E-state index is -0.192. The monoisotopic (exact) mass is 488 g/mol. The fraction of sp³-hybridized carbons (Fsp3) is 0.0909. The van der Waals surface area contributed by atoms with Crippen molar-refractivity contribution in [2.75, 3.05) is 5.75 Å². The van der Waals surface area contributed by atoms with Gasteiger partial charge in [0.15, 0.2) is 0 Å². The van der Waals surface area contributed by atoms with Gasteiger partial charge in [-0.15, -0.1) is 11.8 Å². The van der Waals surface area contributed by atoms with E-state index in [0.717, 1.165) is 20.5 Å². The number of rotatable bonds is 8. The minimum Gasteiger partial charge on any atom is -0.488 e. The molecular weight excluding hydrogens is 472 g/mol. The normalized spacial score (nSPS) is 10.8. The van der Waals surface area contributed by atoms with E-state index >= 15 is 0 Å². The van der Waals surface area contributed by atoms with Crippen molar-refractivity contribution < 1.29 is 9.53 Å². The van der Waals surface area contributed by atoms with Gasteiger partial charge < -0.3 is 4.74 Å². The van der Waals surface area contributed by atoms with E-state index in [1.165, 1.54) is 11.8 Å². The van der Waals surface area contributed by atoms with Crippen molar-refractivity contribution >= 4 is 51.4 Å². The number of hydrogen-bond acceptors (Lipinski definition) is 4. The zero-order chi connectivity index (χ0) is 20.5. The zero-order valence-corrected chi connectivity index (χ0v) is 18.5. The molecule has 0 aliphatic heterocycles. The van der Waals surface area contributed by atoms with E-state index in [9.17, 15) is 4.79 Å². The smallest absolute Gasteiger partial charge is 0.250 e. The summed E-state index contributed by atoms with van der Waals surface area (Å²) >= 11 is 10.7. The van der Waals surface area contributed by atoms with Gasteiger partial charge in [0.25, 0.3) is 0 Å². The highest BCUT2D eigenvalue weighted by Crippen LogP contribution is 2.23. The summed E-state index contributed by atoms with van der Waals surface area (Å²) in [6, 6.07) is 22.9. The molecule has 0 aromatic heterocycles. The summed E-state index contributed by atoms with van der Waals surface area (Å²) < 4.78 is 6.81. The van der Waals surface area contributed by atoms with E-state index < -0.39 is 0 Å². The first kappa shape index (κ1) is 21.4. The number of nitrogens with zero attached hydrogens (tertiary/aromatic N) is 1. The Morgan fingerprint density at radius 1 is 1.10 bits per heavy atom. The molecule has 0 bridgehead atoms. The molecule has 3 aromatic rings. The number of benzene rings is 3. The van der Waals surface area contributed by atoms with Crippen LogP contribution in [0.15, 0.2) is 87.3 Å². The number of carbonyl (C=O) groups is 1. The summed E-state index contributed by atoms with van der Waals surface area (Å²) in [5, 5.41) is 4.73. The Morgan fingerprint density at radius 3 is 2.62 bits per heavy atom. The third-order valence-corrected chi connectivity index (χ3v) is 5.54. The average Bonchev–Trinajstić information content (AvgIpc) is 2.73. The third kappa shape index (κ3) is 7.24. The number of halogens is 2. The summed E-state index contributed by atoms with van der Waals surface area (Å²) in [4.78, 5) is 13.0. The zero-order valence-electron chi connectivity index (χ0n) is 15.3. The summed E-state index contributed by atoms with van der Waals surface area (Å²) in [7, 11) is 0. The Balaban J connectivity index is 1.55. The lowest BCUT2D eigenvalue weighted by atomic mass is 10.2. The maximum atomic E-state index is 12.0. The van der Waals surface area contributed by atoms with Crippen LogP contribution >= 0.6 is 39.3 Å². The van der Waals surface area contributed by atoms with Gasteiger partial charge in [-0.3, -0.25) is 4.79 Å². The Labute approximate surface area is 187 Å². The van der Waals surface area contributed by atoms with Crippen LogP contribution in [0.25, 0.3) is 0 Å². The number of nitrogens with one attached hydrogen (secondary N) is 1. The number of carbonyl (C=O) groups excluding carboxylic acids is 1. The maximum Gasteiger partial charge on any atom is 0.250 e. The lowest BCUT2D eigenvalue weighted by molar-refractivity contribution is -0.118. The van der Waals surface area contributed by atoms with E-state index in [0.29, 0.717) is 17.4 Å². The SMILES string of the molecule is O=C(CSc1ccc(Cl)cc1)N/N=C\c1cc(Br)ccc1OCc1ccccc1. The highest BCUT2D eigenvalue weighted by atomic mass is 79.9. The highest BCUT2D eigenvalue weighted by molar-refractivity contribution is 9.10. The summed E-state index contributed by atoms with van der Waals surface area (Å²) in [5.74, 6) is 0.753. The Bertz CT molecular complexity index is 982. The van der Waals surface area contributed by atoms with Crippen molar-refractivity contribution in [3.63, 3.8) is 0 Å². The Morgan fingerprint density at radius 2 is 1.86 bits per heavy atom. The topological polar surface area (TPSA) is 50.7 Å². The molecule has 0 saturated heterocycles. The standard InChI is InChI=1S/C22H18BrClN2O2S/c23-18-6-11-21(28-14-16-4-2-1-3-5-16)17(12-18)13-25-26-22(27)15-29-20-9-7-19(24)8-10-20/h1-13H,14-15H2,(H,26,27)/b25-13-. The molecule has 29 heavy (non-hydrogen) atoms. The van der Waals surface area contributed by atoms with Gasteiger partial charge in [0.2, 0.25) is 5.91 Å². The molecule has 7 heteroatoms. The Hall–Kier alpha value is -2.28. The molecule has 0 heterocycles. The molecular formula is C22H18BrClN2O2S. The molecule has 1 N–H and O–H groups in total. The van der Waals surface area contributed by atoms with Gasteiger partial charge in [0.1, 0.15) is 12.4 Å². The molecule has 0 fully saturated rings. The van der Waals surface area contributed by atoms with E-state index in [4.69, 9.17) is 16.3 Å². The average molecular weight is 490 g/mol. The molecule has 148 valence electrons. The van der Waals surface area contributed by atoms with E-state index in [2.05, 4.69) is 26.5 Å². The predicted octanol–water partition coefficient (Wildman–Crippen LogP) is 5.92. The van der Waals surface area contributed by atoms with Gasteiger partial charge in [-0.05, 0) is 48.0 Å². The highest BCUT2D eigenvalue weighted by Gasteiger charge is 2.05. The van der Waals surface area contributed by atoms with Gasteiger partial charge in [0, 0.05) is 20.0 Å². The second kappa shape index (κ2) is 11.0. The lowest BCUT2D eigenvalue weighted by Crippen LogP contribution is -2.19. The summed E-state index contributed by atoms with van der Waals surface area (Å²) in [6.45, 7) is 0.452. The molecule has 1 amide bonds. The first-order valence-corrected chi connectivity index (χ1v) is 10.9. The van der Waals surface area contributed by atoms with Crippen molar-refractivity contribution in [2.24, 2.45) is 5.10 Å². The van der Waals surface area contributed by atoms with Gasteiger partial charge >= 0.3 is 0 Å². The number of hydrogen-bond donors (Lipinski definition) is 1. The largest absolute Gasteiger partial charge is 0.488 e. The van der Waals surface area contributed by atoms with Crippen LogP contribution in [0.1, 0.15) is 11.1 Å². The van der Waals surface area contributed by atoms with Crippen LogP contribution < -0.4 is 10.2 Å².